The van der Waals surface area contributed by atoms with E-state index < -0.39 is 0 Å². The summed E-state index contributed by atoms with van der Waals surface area (Å²) in [6.45, 7) is 7.14. The summed E-state index contributed by atoms with van der Waals surface area (Å²) in [5, 5.41) is 3.45. The van der Waals surface area contributed by atoms with Crippen LogP contribution in [0.4, 0.5) is 4.39 Å². The molecule has 1 saturated carbocycles. The van der Waals surface area contributed by atoms with Gasteiger partial charge in [-0.1, -0.05) is 12.8 Å². The van der Waals surface area contributed by atoms with Crippen molar-refractivity contribution in [3.63, 3.8) is 0 Å². The molecule has 2 rings (SSSR count). The van der Waals surface area contributed by atoms with Crippen LogP contribution in [0.15, 0.2) is 23.1 Å². The third kappa shape index (κ3) is 5.10. The number of nitrogens with one attached hydrogen (secondary N) is 1. The summed E-state index contributed by atoms with van der Waals surface area (Å²) in [5.74, 6) is 1.89. The lowest BCUT2D eigenvalue weighted by Gasteiger charge is -2.22. The zero-order valence-electron chi connectivity index (χ0n) is 12.8. The number of benzene rings is 1. The average Bonchev–Trinajstić information content (AvgIpc) is 2.87. The Morgan fingerprint density at radius 1 is 1.25 bits per heavy atom. The summed E-state index contributed by atoms with van der Waals surface area (Å²) in [4.78, 5) is 1.23. The first-order chi connectivity index (χ1) is 9.44. The standard InChI is InChI=1S/C17H26FNS/c1-17(2,3)19-11-14-10-15(18)8-9-16(14)20-12-13-6-4-5-7-13/h8-10,13,19H,4-7,11-12H2,1-3H3. The van der Waals surface area contributed by atoms with Gasteiger partial charge >= 0.3 is 0 Å². The van der Waals surface area contributed by atoms with Crippen molar-refractivity contribution < 1.29 is 4.39 Å². The van der Waals surface area contributed by atoms with Gasteiger partial charge in [0.15, 0.2) is 0 Å². The highest BCUT2D eigenvalue weighted by Gasteiger charge is 2.16. The molecule has 1 aliphatic rings. The lowest BCUT2D eigenvalue weighted by molar-refractivity contribution is 0.422. The molecule has 0 saturated heterocycles. The first-order valence-electron chi connectivity index (χ1n) is 7.60. The molecule has 1 aliphatic carbocycles. The molecule has 0 radical (unpaired) electrons. The number of hydrogen-bond acceptors (Lipinski definition) is 2. The van der Waals surface area contributed by atoms with E-state index in [-0.39, 0.29) is 11.4 Å². The molecule has 0 amide bonds. The van der Waals surface area contributed by atoms with Gasteiger partial charge in [0, 0.05) is 22.7 Å². The number of hydrogen-bond donors (Lipinski definition) is 1. The van der Waals surface area contributed by atoms with E-state index in [1.54, 1.807) is 12.1 Å². The lowest BCUT2D eigenvalue weighted by atomic mass is 10.1. The maximum absolute atomic E-state index is 13.5. The van der Waals surface area contributed by atoms with E-state index >= 15 is 0 Å². The van der Waals surface area contributed by atoms with Gasteiger partial charge in [-0.05, 0) is 63.3 Å². The molecule has 1 aromatic rings. The Balaban J connectivity index is 1.99. The topological polar surface area (TPSA) is 12.0 Å². The van der Waals surface area contributed by atoms with Gasteiger partial charge in [0.25, 0.3) is 0 Å². The number of thioether (sulfide) groups is 1. The summed E-state index contributed by atoms with van der Waals surface area (Å²) in [6.07, 6.45) is 5.49. The Morgan fingerprint density at radius 2 is 1.95 bits per heavy atom. The summed E-state index contributed by atoms with van der Waals surface area (Å²) >= 11 is 1.90. The molecular weight excluding hydrogens is 269 g/mol. The molecule has 1 nitrogen and oxygen atoms in total. The van der Waals surface area contributed by atoms with Crippen LogP contribution in [0, 0.1) is 11.7 Å². The van der Waals surface area contributed by atoms with Gasteiger partial charge < -0.3 is 5.32 Å². The Morgan fingerprint density at radius 3 is 2.60 bits per heavy atom. The van der Waals surface area contributed by atoms with Gasteiger partial charge in [0.1, 0.15) is 5.82 Å². The van der Waals surface area contributed by atoms with Crippen molar-refractivity contribution in [2.45, 2.75) is 63.4 Å². The molecular formula is C17H26FNS. The fourth-order valence-electron chi connectivity index (χ4n) is 2.57. The van der Waals surface area contributed by atoms with Crippen molar-refractivity contribution in [3.8, 4) is 0 Å². The van der Waals surface area contributed by atoms with Crippen LogP contribution >= 0.6 is 11.8 Å². The molecule has 0 unspecified atom stereocenters. The summed E-state index contributed by atoms with van der Waals surface area (Å²) < 4.78 is 13.5. The Hall–Kier alpha value is -0.540. The minimum absolute atomic E-state index is 0.0553. The fraction of sp³-hybridized carbons (Fsp3) is 0.647. The second-order valence-electron chi connectivity index (χ2n) is 6.82. The van der Waals surface area contributed by atoms with Crippen LogP contribution in [0.2, 0.25) is 0 Å². The Kier molecular flexibility index (Phi) is 5.50. The molecule has 0 heterocycles. The summed E-state index contributed by atoms with van der Waals surface area (Å²) in [6, 6.07) is 5.20. The van der Waals surface area contributed by atoms with Crippen molar-refractivity contribution in [2.24, 2.45) is 5.92 Å². The van der Waals surface area contributed by atoms with Gasteiger partial charge in [-0.3, -0.25) is 0 Å². The normalized spacial score (nSPS) is 16.8. The predicted octanol–water partition coefficient (Wildman–Crippen LogP) is 5.00. The van der Waals surface area contributed by atoms with Crippen LogP contribution in [0.1, 0.15) is 52.0 Å². The van der Waals surface area contributed by atoms with Crippen LogP contribution in [0.5, 0.6) is 0 Å². The second kappa shape index (κ2) is 6.95. The van der Waals surface area contributed by atoms with Crippen molar-refractivity contribution >= 4 is 11.8 Å². The molecule has 0 spiro atoms. The summed E-state index contributed by atoms with van der Waals surface area (Å²) in [7, 11) is 0. The van der Waals surface area contributed by atoms with Crippen LogP contribution in [-0.4, -0.2) is 11.3 Å². The molecule has 20 heavy (non-hydrogen) atoms. The highest BCUT2D eigenvalue weighted by molar-refractivity contribution is 7.99. The molecule has 0 bridgehead atoms. The van der Waals surface area contributed by atoms with E-state index in [9.17, 15) is 4.39 Å². The second-order valence-corrected chi connectivity index (χ2v) is 7.88. The SMILES string of the molecule is CC(C)(C)NCc1cc(F)ccc1SCC1CCCC1. The van der Waals surface area contributed by atoms with Crippen molar-refractivity contribution in [3.05, 3.63) is 29.6 Å². The van der Waals surface area contributed by atoms with E-state index in [1.807, 2.05) is 17.8 Å². The quantitative estimate of drug-likeness (QED) is 0.767. The molecule has 0 aliphatic heterocycles. The minimum Gasteiger partial charge on any atom is -0.308 e. The van der Waals surface area contributed by atoms with Crippen molar-refractivity contribution in [1.29, 1.82) is 0 Å². The molecule has 1 N–H and O–H groups in total. The lowest BCUT2D eigenvalue weighted by Crippen LogP contribution is -2.35. The van der Waals surface area contributed by atoms with Crippen LogP contribution in [-0.2, 0) is 6.54 Å². The molecule has 0 atom stereocenters. The van der Waals surface area contributed by atoms with E-state index in [0.29, 0.717) is 0 Å². The monoisotopic (exact) mass is 295 g/mol. The van der Waals surface area contributed by atoms with Gasteiger partial charge in [-0.2, -0.15) is 0 Å². The summed E-state index contributed by atoms with van der Waals surface area (Å²) in [5.41, 5.74) is 1.14. The van der Waals surface area contributed by atoms with Gasteiger partial charge in [-0.25, -0.2) is 4.39 Å². The highest BCUT2D eigenvalue weighted by Crippen LogP contribution is 2.32. The Bertz CT molecular complexity index is 433. The first kappa shape index (κ1) is 15.8. The smallest absolute Gasteiger partial charge is 0.123 e. The largest absolute Gasteiger partial charge is 0.308 e. The van der Waals surface area contributed by atoms with Crippen LogP contribution < -0.4 is 5.32 Å². The molecule has 0 aromatic heterocycles. The number of rotatable bonds is 5. The molecule has 1 aromatic carbocycles. The van der Waals surface area contributed by atoms with Crippen LogP contribution in [0.3, 0.4) is 0 Å². The van der Waals surface area contributed by atoms with Gasteiger partial charge in [-0.15, -0.1) is 11.8 Å². The molecule has 3 heteroatoms. The molecule has 112 valence electrons. The first-order valence-corrected chi connectivity index (χ1v) is 8.59. The third-order valence-electron chi connectivity index (χ3n) is 3.78. The van der Waals surface area contributed by atoms with Crippen molar-refractivity contribution in [1.82, 2.24) is 5.32 Å². The maximum Gasteiger partial charge on any atom is 0.123 e. The van der Waals surface area contributed by atoms with Crippen molar-refractivity contribution in [2.75, 3.05) is 5.75 Å². The number of halogens is 1. The average molecular weight is 295 g/mol. The van der Waals surface area contributed by atoms with Crippen LogP contribution in [0.25, 0.3) is 0 Å². The maximum atomic E-state index is 13.5. The van der Waals surface area contributed by atoms with E-state index in [2.05, 4.69) is 26.1 Å². The van der Waals surface area contributed by atoms with Gasteiger partial charge in [0.2, 0.25) is 0 Å². The van der Waals surface area contributed by atoms with E-state index in [1.165, 1.54) is 36.3 Å². The molecule has 1 fully saturated rings. The van der Waals surface area contributed by atoms with E-state index in [0.717, 1.165) is 18.0 Å². The zero-order valence-corrected chi connectivity index (χ0v) is 13.7. The third-order valence-corrected chi connectivity index (χ3v) is 5.13. The predicted molar refractivity (Wildman–Crippen MR) is 85.7 cm³/mol. The fourth-order valence-corrected chi connectivity index (χ4v) is 3.80. The highest BCUT2D eigenvalue weighted by atomic mass is 32.2. The van der Waals surface area contributed by atoms with Gasteiger partial charge in [0.05, 0.1) is 0 Å². The zero-order chi connectivity index (χ0) is 14.6. The minimum atomic E-state index is -0.138. The Labute approximate surface area is 126 Å². The van der Waals surface area contributed by atoms with E-state index in [4.69, 9.17) is 0 Å².